The highest BCUT2D eigenvalue weighted by Gasteiger charge is 2.18. The minimum absolute atomic E-state index is 0.0277. The third-order valence-corrected chi connectivity index (χ3v) is 2.44. The first kappa shape index (κ1) is 17.6. The molecule has 1 aromatic rings. The molecule has 0 saturated carbocycles. The van der Waals surface area contributed by atoms with E-state index in [9.17, 15) is 14.4 Å². The molecule has 0 fully saturated rings. The fraction of sp³-hybridized carbons (Fsp3) is 0.357. The number of carboxylic acid groups (broad SMARTS) is 3. The summed E-state index contributed by atoms with van der Waals surface area (Å²) in [4.78, 5) is 31.2. The molecule has 6 nitrogen and oxygen atoms in total. The van der Waals surface area contributed by atoms with Crippen molar-refractivity contribution in [2.45, 2.75) is 27.7 Å². The quantitative estimate of drug-likeness (QED) is 0.768. The summed E-state index contributed by atoms with van der Waals surface area (Å²) in [6.45, 7) is 6.47. The van der Waals surface area contributed by atoms with Crippen molar-refractivity contribution < 1.29 is 29.7 Å². The maximum atomic E-state index is 10.6. The number of carbonyl (C=O) groups is 3. The van der Waals surface area contributed by atoms with Crippen LogP contribution in [0.2, 0.25) is 0 Å². The van der Waals surface area contributed by atoms with Crippen molar-refractivity contribution in [3.63, 3.8) is 0 Å². The molecule has 0 atom stereocenters. The van der Waals surface area contributed by atoms with Crippen LogP contribution in [-0.2, 0) is 4.79 Å². The molecule has 0 bridgehead atoms. The lowest BCUT2D eigenvalue weighted by atomic mass is 9.98. The molecule has 0 heterocycles. The van der Waals surface area contributed by atoms with Crippen molar-refractivity contribution in [3.8, 4) is 0 Å². The molecule has 0 spiro atoms. The van der Waals surface area contributed by atoms with Crippen LogP contribution in [0.1, 0.15) is 47.1 Å². The second-order valence-corrected chi connectivity index (χ2v) is 5.14. The lowest BCUT2D eigenvalue weighted by Crippen LogP contribution is -2.18. The molecule has 0 amide bonds. The second kappa shape index (κ2) is 6.70. The number of benzene rings is 1. The first-order valence-electron chi connectivity index (χ1n) is 5.78. The molecule has 0 aliphatic heterocycles. The summed E-state index contributed by atoms with van der Waals surface area (Å²) in [6.07, 6.45) is 0. The van der Waals surface area contributed by atoms with E-state index in [-0.39, 0.29) is 16.7 Å². The van der Waals surface area contributed by atoms with E-state index in [0.29, 0.717) is 0 Å². The molecular formula is C14H18O6. The lowest BCUT2D eigenvalue weighted by Gasteiger charge is -2.08. The Labute approximate surface area is 116 Å². The van der Waals surface area contributed by atoms with Crippen LogP contribution in [0, 0.1) is 12.3 Å². The van der Waals surface area contributed by atoms with Gasteiger partial charge in [0.15, 0.2) is 0 Å². The number of aromatic carboxylic acids is 2. The summed E-state index contributed by atoms with van der Waals surface area (Å²) in [5.74, 6) is -2.98. The van der Waals surface area contributed by atoms with Crippen LogP contribution in [0.4, 0.5) is 0 Å². The van der Waals surface area contributed by atoms with Gasteiger partial charge in [-0.3, -0.25) is 4.79 Å². The van der Waals surface area contributed by atoms with Gasteiger partial charge < -0.3 is 15.3 Å². The third kappa shape index (κ3) is 5.09. The standard InChI is InChI=1S/C9H8O4.C5H10O2/c1-5-6(8(10)11)3-2-4-7(5)9(12)13;1-5(2,3)4(6)7/h2-4H,1H3,(H,10,11)(H,12,13);1-3H3,(H,6,7). The van der Waals surface area contributed by atoms with Crippen molar-refractivity contribution in [1.29, 1.82) is 0 Å². The van der Waals surface area contributed by atoms with E-state index in [2.05, 4.69) is 0 Å². The van der Waals surface area contributed by atoms with Gasteiger partial charge in [-0.15, -0.1) is 0 Å². The van der Waals surface area contributed by atoms with Crippen LogP contribution >= 0.6 is 0 Å². The van der Waals surface area contributed by atoms with Crippen LogP contribution in [0.5, 0.6) is 0 Å². The molecule has 1 aromatic carbocycles. The summed E-state index contributed by atoms with van der Waals surface area (Å²) >= 11 is 0. The Bertz CT molecular complexity index is 493. The first-order valence-corrected chi connectivity index (χ1v) is 5.78. The highest BCUT2D eigenvalue weighted by molar-refractivity contribution is 5.96. The number of hydrogen-bond donors (Lipinski definition) is 3. The van der Waals surface area contributed by atoms with E-state index >= 15 is 0 Å². The minimum Gasteiger partial charge on any atom is -0.481 e. The van der Waals surface area contributed by atoms with E-state index in [4.69, 9.17) is 15.3 Å². The second-order valence-electron chi connectivity index (χ2n) is 5.14. The maximum absolute atomic E-state index is 10.6. The van der Waals surface area contributed by atoms with Gasteiger partial charge in [0.25, 0.3) is 0 Å². The molecule has 0 saturated heterocycles. The molecular weight excluding hydrogens is 264 g/mol. The largest absolute Gasteiger partial charge is 0.481 e. The highest BCUT2D eigenvalue weighted by atomic mass is 16.4. The zero-order valence-corrected chi connectivity index (χ0v) is 11.8. The zero-order valence-electron chi connectivity index (χ0n) is 11.8. The summed E-state index contributed by atoms with van der Waals surface area (Å²) in [5.41, 5.74) is -0.248. The summed E-state index contributed by atoms with van der Waals surface area (Å²) in [5, 5.41) is 25.6. The molecule has 0 aromatic heterocycles. The van der Waals surface area contributed by atoms with Crippen molar-refractivity contribution in [1.82, 2.24) is 0 Å². The molecule has 0 unspecified atom stereocenters. The monoisotopic (exact) mass is 282 g/mol. The van der Waals surface area contributed by atoms with Crippen LogP contribution in [-0.4, -0.2) is 33.2 Å². The summed E-state index contributed by atoms with van der Waals surface area (Å²) in [7, 11) is 0. The average Bonchev–Trinajstić information content (AvgIpc) is 2.27. The van der Waals surface area contributed by atoms with Crippen molar-refractivity contribution >= 4 is 17.9 Å². The summed E-state index contributed by atoms with van der Waals surface area (Å²) < 4.78 is 0. The Kier molecular flexibility index (Phi) is 5.90. The van der Waals surface area contributed by atoms with E-state index in [1.54, 1.807) is 20.8 Å². The van der Waals surface area contributed by atoms with Crippen LogP contribution in [0.3, 0.4) is 0 Å². The number of hydrogen-bond acceptors (Lipinski definition) is 3. The van der Waals surface area contributed by atoms with Crippen molar-refractivity contribution in [3.05, 3.63) is 34.9 Å². The Morgan fingerprint density at radius 2 is 1.20 bits per heavy atom. The molecule has 1 rings (SSSR count). The van der Waals surface area contributed by atoms with E-state index in [1.807, 2.05) is 0 Å². The van der Waals surface area contributed by atoms with Gasteiger partial charge in [-0.25, -0.2) is 9.59 Å². The smallest absolute Gasteiger partial charge is 0.335 e. The number of aliphatic carboxylic acids is 1. The molecule has 0 radical (unpaired) electrons. The predicted molar refractivity (Wildman–Crippen MR) is 72.2 cm³/mol. The normalized spacial score (nSPS) is 10.2. The van der Waals surface area contributed by atoms with Crippen molar-refractivity contribution in [2.24, 2.45) is 5.41 Å². The molecule has 0 aliphatic carbocycles. The van der Waals surface area contributed by atoms with E-state index in [1.165, 1.54) is 25.1 Å². The van der Waals surface area contributed by atoms with E-state index < -0.39 is 23.3 Å². The zero-order chi connectivity index (χ0) is 16.1. The fourth-order valence-corrected chi connectivity index (χ4v) is 1.10. The minimum atomic E-state index is -1.11. The molecule has 0 aliphatic rings. The van der Waals surface area contributed by atoms with E-state index in [0.717, 1.165) is 0 Å². The first-order chi connectivity index (χ1) is 8.98. The van der Waals surface area contributed by atoms with Gasteiger partial charge in [0.1, 0.15) is 0 Å². The predicted octanol–water partition coefficient (Wildman–Crippen LogP) is 2.51. The lowest BCUT2D eigenvalue weighted by molar-refractivity contribution is -0.145. The maximum Gasteiger partial charge on any atom is 0.335 e. The van der Waals surface area contributed by atoms with Gasteiger partial charge in [0.05, 0.1) is 16.5 Å². The Morgan fingerprint density at radius 3 is 1.40 bits per heavy atom. The molecule has 6 heteroatoms. The number of rotatable bonds is 2. The van der Waals surface area contributed by atoms with Gasteiger partial charge in [-0.05, 0) is 45.4 Å². The number of carboxylic acids is 3. The van der Waals surface area contributed by atoms with Crippen LogP contribution in [0.25, 0.3) is 0 Å². The van der Waals surface area contributed by atoms with Crippen molar-refractivity contribution in [2.75, 3.05) is 0 Å². The van der Waals surface area contributed by atoms with Crippen LogP contribution in [0.15, 0.2) is 18.2 Å². The van der Waals surface area contributed by atoms with Gasteiger partial charge in [-0.1, -0.05) is 6.07 Å². The van der Waals surface area contributed by atoms with Gasteiger partial charge in [0.2, 0.25) is 0 Å². The SMILES string of the molecule is CC(C)(C)C(=O)O.Cc1c(C(=O)O)cccc1C(=O)O. The average molecular weight is 282 g/mol. The molecule has 110 valence electrons. The highest BCUT2D eigenvalue weighted by Crippen LogP contribution is 2.13. The molecule has 3 N–H and O–H groups in total. The topological polar surface area (TPSA) is 112 Å². The van der Waals surface area contributed by atoms with Crippen LogP contribution < -0.4 is 0 Å². The van der Waals surface area contributed by atoms with Gasteiger partial charge in [0, 0.05) is 0 Å². The Balaban J connectivity index is 0.000000441. The Hall–Kier alpha value is -2.37. The third-order valence-electron chi connectivity index (χ3n) is 2.44. The van der Waals surface area contributed by atoms with Gasteiger partial charge >= 0.3 is 17.9 Å². The van der Waals surface area contributed by atoms with Gasteiger partial charge in [-0.2, -0.15) is 0 Å². The summed E-state index contributed by atoms with van der Waals surface area (Å²) in [6, 6.07) is 4.17. The fourth-order valence-electron chi connectivity index (χ4n) is 1.10. The molecule has 20 heavy (non-hydrogen) atoms. The Morgan fingerprint density at radius 1 is 0.900 bits per heavy atom.